The highest BCUT2D eigenvalue weighted by Crippen LogP contribution is 2.61. The summed E-state index contributed by atoms with van der Waals surface area (Å²) in [4.78, 5) is 3.82. The summed E-state index contributed by atoms with van der Waals surface area (Å²) in [6.45, 7) is 0.740. The lowest BCUT2D eigenvalue weighted by Crippen LogP contribution is -2.48. The minimum atomic E-state index is 0.406. The maximum Gasteiger partial charge on any atom is 0.136 e. The standard InChI is InChI=1S/C34H38N2O/c35-15-7-6-10-28-30-19-26(34-20-23-16-24(21-34)18-25(17-23)22-34)13-14-31(30)36-33(28)29-11-4-5-12-32(29)37-27-8-2-1-3-9-27/h1-5,8-9,11-14,19,23-25,36H,6-7,10,15-18,20-22,35H2. The van der Waals surface area contributed by atoms with Gasteiger partial charge in [0.2, 0.25) is 0 Å². The van der Waals surface area contributed by atoms with E-state index in [0.717, 1.165) is 60.6 Å². The van der Waals surface area contributed by atoms with E-state index in [1.807, 2.05) is 30.3 Å². The second-order valence-corrected chi connectivity index (χ2v) is 12.1. The van der Waals surface area contributed by atoms with Crippen LogP contribution in [0.4, 0.5) is 0 Å². The topological polar surface area (TPSA) is 51.0 Å². The van der Waals surface area contributed by atoms with Crippen molar-refractivity contribution in [3.8, 4) is 22.8 Å². The van der Waals surface area contributed by atoms with Crippen molar-refractivity contribution in [2.45, 2.75) is 63.2 Å². The van der Waals surface area contributed by atoms with Gasteiger partial charge in [0, 0.05) is 16.5 Å². The van der Waals surface area contributed by atoms with Gasteiger partial charge in [-0.05, 0) is 135 Å². The number of benzene rings is 3. The van der Waals surface area contributed by atoms with Crippen LogP contribution in [-0.4, -0.2) is 11.5 Å². The second-order valence-electron chi connectivity index (χ2n) is 12.1. The summed E-state index contributed by atoms with van der Waals surface area (Å²) in [5, 5.41) is 1.40. The molecule has 3 nitrogen and oxygen atoms in total. The summed E-state index contributed by atoms with van der Waals surface area (Å²) < 4.78 is 6.39. The first-order valence-electron chi connectivity index (χ1n) is 14.4. The Bertz CT molecular complexity index is 1370. The molecular formula is C34H38N2O. The molecule has 0 spiro atoms. The maximum atomic E-state index is 6.39. The van der Waals surface area contributed by atoms with Crippen molar-refractivity contribution in [2.75, 3.05) is 6.54 Å². The van der Waals surface area contributed by atoms with Gasteiger partial charge >= 0.3 is 0 Å². The Morgan fingerprint density at radius 2 is 1.51 bits per heavy atom. The van der Waals surface area contributed by atoms with Crippen molar-refractivity contribution in [3.05, 3.63) is 83.9 Å². The third-order valence-electron chi connectivity index (χ3n) is 9.57. The summed E-state index contributed by atoms with van der Waals surface area (Å²) in [5.74, 6) is 4.61. The molecule has 4 bridgehead atoms. The smallest absolute Gasteiger partial charge is 0.136 e. The van der Waals surface area contributed by atoms with Gasteiger partial charge in [0.25, 0.3) is 0 Å². The molecule has 3 heteroatoms. The lowest BCUT2D eigenvalue weighted by atomic mass is 9.48. The van der Waals surface area contributed by atoms with Crippen LogP contribution in [0.25, 0.3) is 22.2 Å². The van der Waals surface area contributed by atoms with Gasteiger partial charge in [-0.2, -0.15) is 0 Å². The molecule has 0 aliphatic heterocycles. The molecule has 0 saturated heterocycles. The van der Waals surface area contributed by atoms with Crippen LogP contribution in [0.2, 0.25) is 0 Å². The zero-order valence-electron chi connectivity index (χ0n) is 21.7. The Morgan fingerprint density at radius 1 is 0.811 bits per heavy atom. The van der Waals surface area contributed by atoms with Gasteiger partial charge in [-0.3, -0.25) is 0 Å². The van der Waals surface area contributed by atoms with Gasteiger partial charge in [0.15, 0.2) is 0 Å². The highest BCUT2D eigenvalue weighted by molar-refractivity contribution is 5.92. The highest BCUT2D eigenvalue weighted by atomic mass is 16.5. The van der Waals surface area contributed by atoms with Crippen LogP contribution >= 0.6 is 0 Å². The summed E-state index contributed by atoms with van der Waals surface area (Å²) in [5.41, 5.74) is 12.9. The monoisotopic (exact) mass is 490 g/mol. The van der Waals surface area contributed by atoms with E-state index in [1.54, 1.807) is 5.56 Å². The predicted octanol–water partition coefficient (Wildman–Crippen LogP) is 8.38. The van der Waals surface area contributed by atoms with Crippen LogP contribution in [0.15, 0.2) is 72.8 Å². The van der Waals surface area contributed by atoms with E-state index in [-0.39, 0.29) is 0 Å². The number of hydrogen-bond donors (Lipinski definition) is 2. The number of fused-ring (bicyclic) bond motifs is 1. The molecular weight excluding hydrogens is 452 g/mol. The molecule has 0 atom stereocenters. The van der Waals surface area contributed by atoms with Gasteiger partial charge in [0.05, 0.1) is 5.69 Å². The van der Waals surface area contributed by atoms with E-state index in [4.69, 9.17) is 10.5 Å². The predicted molar refractivity (Wildman–Crippen MR) is 152 cm³/mol. The fourth-order valence-electron chi connectivity index (χ4n) is 8.36. The molecule has 4 saturated carbocycles. The molecule has 0 amide bonds. The van der Waals surface area contributed by atoms with Crippen LogP contribution in [0.3, 0.4) is 0 Å². The summed E-state index contributed by atoms with van der Waals surface area (Å²) in [7, 11) is 0. The van der Waals surface area contributed by atoms with E-state index in [1.165, 1.54) is 60.7 Å². The van der Waals surface area contributed by atoms with Gasteiger partial charge < -0.3 is 15.5 Å². The molecule has 4 aromatic rings. The van der Waals surface area contributed by atoms with Crippen LogP contribution < -0.4 is 10.5 Å². The van der Waals surface area contributed by atoms with Crippen molar-refractivity contribution in [3.63, 3.8) is 0 Å². The Morgan fingerprint density at radius 3 is 2.24 bits per heavy atom. The van der Waals surface area contributed by atoms with Crippen molar-refractivity contribution in [2.24, 2.45) is 23.5 Å². The largest absolute Gasteiger partial charge is 0.457 e. The molecule has 37 heavy (non-hydrogen) atoms. The summed E-state index contributed by atoms with van der Waals surface area (Å²) >= 11 is 0. The first-order chi connectivity index (χ1) is 18.2. The Hall–Kier alpha value is -3.04. The molecule has 190 valence electrons. The molecule has 0 unspecified atom stereocenters. The minimum Gasteiger partial charge on any atom is -0.457 e. The van der Waals surface area contributed by atoms with E-state index >= 15 is 0 Å². The summed E-state index contributed by atoms with van der Waals surface area (Å²) in [6.07, 6.45) is 11.8. The van der Waals surface area contributed by atoms with E-state index < -0.39 is 0 Å². The average molecular weight is 491 g/mol. The van der Waals surface area contributed by atoms with Crippen LogP contribution in [-0.2, 0) is 11.8 Å². The Kier molecular flexibility index (Phi) is 5.85. The number of aromatic nitrogens is 1. The quantitative estimate of drug-likeness (QED) is 0.244. The highest BCUT2D eigenvalue weighted by Gasteiger charge is 2.51. The molecule has 8 rings (SSSR count). The first kappa shape index (κ1) is 23.1. The van der Waals surface area contributed by atoms with Crippen molar-refractivity contribution in [1.29, 1.82) is 0 Å². The van der Waals surface area contributed by atoms with Crippen LogP contribution in [0.1, 0.15) is 62.5 Å². The Labute approximate surface area is 220 Å². The van der Waals surface area contributed by atoms with Crippen molar-refractivity contribution >= 4 is 10.9 Å². The number of unbranched alkanes of at least 4 members (excludes halogenated alkanes) is 1. The van der Waals surface area contributed by atoms with E-state index in [2.05, 4.69) is 47.4 Å². The normalized spacial score (nSPS) is 26.1. The van der Waals surface area contributed by atoms with E-state index in [0.29, 0.717) is 5.41 Å². The number of aryl methyl sites for hydroxylation is 1. The second kappa shape index (κ2) is 9.36. The third-order valence-corrected chi connectivity index (χ3v) is 9.57. The molecule has 3 N–H and O–H groups in total. The number of hydrogen-bond acceptors (Lipinski definition) is 2. The number of ether oxygens (including phenoxy) is 1. The molecule has 1 heterocycles. The zero-order chi connectivity index (χ0) is 24.8. The average Bonchev–Trinajstić information content (AvgIpc) is 3.27. The van der Waals surface area contributed by atoms with Crippen LogP contribution in [0.5, 0.6) is 11.5 Å². The third kappa shape index (κ3) is 4.18. The lowest BCUT2D eigenvalue weighted by Gasteiger charge is -2.57. The van der Waals surface area contributed by atoms with Gasteiger partial charge in [0.1, 0.15) is 11.5 Å². The molecule has 4 fully saturated rings. The molecule has 1 aromatic heterocycles. The fourth-order valence-corrected chi connectivity index (χ4v) is 8.36. The van der Waals surface area contributed by atoms with E-state index in [9.17, 15) is 0 Å². The number of para-hydroxylation sites is 2. The Balaban J connectivity index is 1.32. The van der Waals surface area contributed by atoms with Crippen molar-refractivity contribution in [1.82, 2.24) is 4.98 Å². The minimum absolute atomic E-state index is 0.406. The zero-order valence-corrected chi connectivity index (χ0v) is 21.7. The number of aromatic amines is 1. The fraction of sp³-hybridized carbons (Fsp3) is 0.412. The van der Waals surface area contributed by atoms with Gasteiger partial charge in [-0.25, -0.2) is 0 Å². The number of H-pyrrole nitrogens is 1. The number of nitrogens with two attached hydrogens (primary N) is 1. The SMILES string of the molecule is NCCCCc1c(-c2ccccc2Oc2ccccc2)[nH]c2ccc(C34CC5CC(CC(C5)C3)C4)cc12. The summed E-state index contributed by atoms with van der Waals surface area (Å²) in [6, 6.07) is 25.9. The van der Waals surface area contributed by atoms with Gasteiger partial charge in [-0.15, -0.1) is 0 Å². The maximum absolute atomic E-state index is 6.39. The molecule has 0 radical (unpaired) electrons. The molecule has 4 aliphatic carbocycles. The number of rotatable bonds is 8. The van der Waals surface area contributed by atoms with Gasteiger partial charge in [-0.1, -0.05) is 36.4 Å². The lowest BCUT2D eigenvalue weighted by molar-refractivity contribution is -0.00513. The van der Waals surface area contributed by atoms with Crippen LogP contribution in [0, 0.1) is 17.8 Å². The number of nitrogens with one attached hydrogen (secondary N) is 1. The molecule has 4 aliphatic rings. The van der Waals surface area contributed by atoms with Crippen molar-refractivity contribution < 1.29 is 4.74 Å². The molecule has 3 aromatic carbocycles. The first-order valence-corrected chi connectivity index (χ1v) is 14.4.